The average Bonchev–Trinajstić information content (AvgIpc) is 3.27. The normalized spacial score (nSPS) is 21.6. The van der Waals surface area contributed by atoms with Crippen LogP contribution < -0.4 is 0 Å². The highest BCUT2D eigenvalue weighted by atomic mass is 32.2. The van der Waals surface area contributed by atoms with Crippen molar-refractivity contribution in [2.75, 3.05) is 0 Å². The zero-order valence-corrected chi connectivity index (χ0v) is 20.6. The molecule has 9 heteroatoms. The molecule has 1 aromatic heterocycles. The smallest absolute Gasteiger partial charge is 0.337 e. The average molecular weight is 469 g/mol. The number of aryl methyl sites for hydroxylation is 1. The molecule has 2 aliphatic rings. The molecule has 0 amide bonds. The van der Waals surface area contributed by atoms with Gasteiger partial charge < -0.3 is 9.31 Å². The van der Waals surface area contributed by atoms with Crippen LogP contribution in [0.4, 0.5) is 5.69 Å². The number of allylic oxidation sites excluding steroid dienone is 1. The van der Waals surface area contributed by atoms with E-state index in [2.05, 4.69) is 6.58 Å². The molecule has 174 valence electrons. The Morgan fingerprint density at radius 3 is 2.30 bits per heavy atom. The first-order chi connectivity index (χ1) is 15.4. The largest absolute Gasteiger partial charge is 0.850 e. The Labute approximate surface area is 195 Å². The molecule has 2 aliphatic heterocycles. The summed E-state index contributed by atoms with van der Waals surface area (Å²) in [7, 11) is -4.76. The van der Waals surface area contributed by atoms with Crippen molar-refractivity contribution < 1.29 is 27.0 Å². The third-order valence-corrected chi connectivity index (χ3v) is 8.44. The molecule has 0 aliphatic carbocycles. The second-order valence-corrected chi connectivity index (χ2v) is 11.4. The third kappa shape index (κ3) is 3.92. The molecule has 7 nitrogen and oxygen atoms in total. The van der Waals surface area contributed by atoms with E-state index in [0.717, 1.165) is 9.54 Å². The van der Waals surface area contributed by atoms with Gasteiger partial charge in [-0.05, 0) is 59.6 Å². The highest BCUT2D eigenvalue weighted by molar-refractivity contribution is 7.90. The van der Waals surface area contributed by atoms with E-state index in [-0.39, 0.29) is 16.4 Å². The minimum Gasteiger partial charge on any atom is -0.337 e. The lowest BCUT2D eigenvalue weighted by Gasteiger charge is -2.30. The van der Waals surface area contributed by atoms with Crippen molar-refractivity contribution in [2.45, 2.75) is 63.6 Å². The molecule has 0 saturated carbocycles. The van der Waals surface area contributed by atoms with Crippen molar-refractivity contribution in [2.24, 2.45) is 5.92 Å². The van der Waals surface area contributed by atoms with Crippen molar-refractivity contribution in [3.8, 4) is 0 Å². The van der Waals surface area contributed by atoms with Crippen molar-refractivity contribution in [1.82, 2.24) is 3.97 Å². The van der Waals surface area contributed by atoms with E-state index in [1.807, 2.05) is 34.6 Å². The monoisotopic (exact) mass is 469 g/mol. The van der Waals surface area contributed by atoms with Crippen LogP contribution in [0.5, 0.6) is 0 Å². The maximum Gasteiger partial charge on any atom is 0.850 e. The highest BCUT2D eigenvalue weighted by Crippen LogP contribution is 2.40. The maximum absolute atomic E-state index is 13.5. The number of rotatable bonds is 6. The van der Waals surface area contributed by atoms with Crippen LogP contribution in [0.15, 0.2) is 54.1 Å². The highest BCUT2D eigenvalue weighted by Gasteiger charge is 2.62. The summed E-state index contributed by atoms with van der Waals surface area (Å²) in [4.78, 5) is 13.6. The van der Waals surface area contributed by atoms with Crippen LogP contribution in [-0.2, 0) is 19.3 Å². The number of Topliss-reactive ketones (excluding diaryl/α,β-unsaturated/α-hetero) is 1. The Hall–Kier alpha value is -2.49. The summed E-state index contributed by atoms with van der Waals surface area (Å²) in [5.74, 6) is -0.781. The molecule has 33 heavy (non-hydrogen) atoms. The number of nitrogens with zero attached hydrogens (tertiary/aromatic N) is 2. The molecule has 0 radical (unpaired) electrons. The van der Waals surface area contributed by atoms with E-state index in [1.165, 1.54) is 6.20 Å². The second-order valence-electron chi connectivity index (χ2n) is 9.62. The molecule has 1 fully saturated rings. The number of fused-ring (bicyclic) bond motifs is 1. The molecule has 0 spiro atoms. The molecular formula is C24H30BN2O5S+. The minimum absolute atomic E-state index is 0.113. The van der Waals surface area contributed by atoms with Gasteiger partial charge >= 0.3 is 7.25 Å². The summed E-state index contributed by atoms with van der Waals surface area (Å²) in [6, 6.07) is 8.21. The number of aromatic nitrogens is 1. The van der Waals surface area contributed by atoms with Gasteiger partial charge in [0.1, 0.15) is 6.21 Å². The van der Waals surface area contributed by atoms with Gasteiger partial charge in [0.25, 0.3) is 10.0 Å². The van der Waals surface area contributed by atoms with Gasteiger partial charge in [0.15, 0.2) is 11.5 Å². The fourth-order valence-electron chi connectivity index (χ4n) is 4.00. The van der Waals surface area contributed by atoms with Crippen LogP contribution >= 0.6 is 0 Å². The summed E-state index contributed by atoms with van der Waals surface area (Å²) < 4.78 is 42.2. The summed E-state index contributed by atoms with van der Waals surface area (Å²) >= 11 is 0. The van der Waals surface area contributed by atoms with Crippen molar-refractivity contribution >= 4 is 35.0 Å². The topological polar surface area (TPSA) is 77.6 Å². The Morgan fingerprint density at radius 2 is 1.73 bits per heavy atom. The quantitative estimate of drug-likeness (QED) is 0.470. The number of hydrogen-bond donors (Lipinski definition) is 0. The fourth-order valence-corrected chi connectivity index (χ4v) is 5.35. The molecule has 1 aromatic carbocycles. The van der Waals surface area contributed by atoms with E-state index >= 15 is 0 Å². The summed E-state index contributed by atoms with van der Waals surface area (Å²) in [6.07, 6.45) is 6.09. The van der Waals surface area contributed by atoms with E-state index in [9.17, 15) is 13.2 Å². The predicted molar refractivity (Wildman–Crippen MR) is 128 cm³/mol. The van der Waals surface area contributed by atoms with Crippen LogP contribution in [-0.4, -0.2) is 47.3 Å². The maximum atomic E-state index is 13.5. The predicted octanol–water partition coefficient (Wildman–Crippen LogP) is 4.12. The Balaban J connectivity index is 1.84. The van der Waals surface area contributed by atoms with E-state index in [4.69, 9.17) is 9.31 Å². The lowest BCUT2D eigenvalue weighted by atomic mass is 9.90. The van der Waals surface area contributed by atoms with Gasteiger partial charge in [-0.1, -0.05) is 23.8 Å². The van der Waals surface area contributed by atoms with Crippen molar-refractivity contribution in [1.29, 1.82) is 0 Å². The van der Waals surface area contributed by atoms with Crippen LogP contribution in [0.2, 0.25) is 0 Å². The lowest BCUT2D eigenvalue weighted by Crippen LogP contribution is -2.41. The molecule has 0 N–H and O–H groups in total. The van der Waals surface area contributed by atoms with Crippen molar-refractivity contribution in [3.63, 3.8) is 0 Å². The summed E-state index contributed by atoms with van der Waals surface area (Å²) in [6.45, 7) is 13.4. The number of ketones is 1. The van der Waals surface area contributed by atoms with Crippen LogP contribution in [0.25, 0.3) is 0 Å². The van der Waals surface area contributed by atoms with Gasteiger partial charge in [-0.15, -0.1) is 6.58 Å². The van der Waals surface area contributed by atoms with E-state index in [0.29, 0.717) is 18.5 Å². The third-order valence-electron chi connectivity index (χ3n) is 6.75. The number of benzene rings is 1. The van der Waals surface area contributed by atoms with Crippen LogP contribution in [0.1, 0.15) is 56.6 Å². The molecule has 1 saturated heterocycles. The molecule has 4 rings (SSSR count). The fraction of sp³-hybridized carbons (Fsp3) is 0.417. The SMILES string of the molecule is C=CCCC1C=[N+](B2OC(C)(C)C(C)(C)O2)c2ccn(S(=O)(=O)c3ccc(C)cc3)c2C1=O. The van der Waals surface area contributed by atoms with Crippen molar-refractivity contribution in [3.05, 3.63) is 60.4 Å². The van der Waals surface area contributed by atoms with E-state index < -0.39 is 34.4 Å². The molecule has 1 atom stereocenters. The molecular weight excluding hydrogens is 439 g/mol. The van der Waals surface area contributed by atoms with Gasteiger partial charge in [-0.3, -0.25) is 4.79 Å². The zero-order chi connectivity index (χ0) is 24.2. The second kappa shape index (κ2) is 8.08. The van der Waals surface area contributed by atoms with Gasteiger partial charge in [-0.2, -0.15) is 0 Å². The standard InChI is InChI=1S/C24H30BN2O5S/c1-7-8-9-18-16-26(25-31-23(3,4)24(5,6)32-25)20-14-15-27(21(20)22(18)28)33(29,30)19-12-10-17(2)11-13-19/h7,10-16,18H,1,8-9H2,2-6H3/q+1. The Kier molecular flexibility index (Phi) is 5.79. The zero-order valence-electron chi connectivity index (χ0n) is 19.7. The first-order valence-corrected chi connectivity index (χ1v) is 12.5. The lowest BCUT2D eigenvalue weighted by molar-refractivity contribution is -0.326. The van der Waals surface area contributed by atoms with Crippen LogP contribution in [0.3, 0.4) is 0 Å². The number of hydrogen-bond acceptors (Lipinski definition) is 5. The Morgan fingerprint density at radius 1 is 1.12 bits per heavy atom. The van der Waals surface area contributed by atoms with Gasteiger partial charge in [0.05, 0.1) is 22.0 Å². The molecule has 3 heterocycles. The first-order valence-electron chi connectivity index (χ1n) is 11.1. The van der Waals surface area contributed by atoms with Gasteiger partial charge in [0, 0.05) is 12.3 Å². The summed E-state index contributed by atoms with van der Waals surface area (Å²) in [5.41, 5.74) is 0.345. The number of carbonyl (C=O) groups excluding carboxylic acids is 1. The Bertz CT molecular complexity index is 1230. The first kappa shape index (κ1) is 23.7. The molecule has 2 aromatic rings. The van der Waals surface area contributed by atoms with Gasteiger partial charge in [-0.25, -0.2) is 16.9 Å². The van der Waals surface area contributed by atoms with E-state index in [1.54, 1.807) is 47.1 Å². The van der Waals surface area contributed by atoms with Crippen LogP contribution in [0, 0.1) is 12.8 Å². The molecule has 0 bridgehead atoms. The number of carbonyl (C=O) groups is 1. The van der Waals surface area contributed by atoms with Gasteiger partial charge in [0.2, 0.25) is 5.69 Å². The summed E-state index contributed by atoms with van der Waals surface area (Å²) in [5, 5.41) is 0. The molecule has 1 unspecified atom stereocenters. The minimum atomic E-state index is -3.97.